The van der Waals surface area contributed by atoms with Crippen LogP contribution in [0.1, 0.15) is 26.5 Å². The average molecular weight is 444 g/mol. The Bertz CT molecular complexity index is 1310. The van der Waals surface area contributed by atoms with E-state index in [4.69, 9.17) is 9.15 Å². The first-order chi connectivity index (χ1) is 15.9. The third-order valence-electron chi connectivity index (χ3n) is 5.27. The van der Waals surface area contributed by atoms with E-state index in [9.17, 15) is 9.59 Å². The largest absolute Gasteiger partial charge is 0.492 e. The number of hydrogen-bond donors (Lipinski definition) is 2. The Balaban J connectivity index is 1.57. The summed E-state index contributed by atoms with van der Waals surface area (Å²) >= 11 is 0. The highest BCUT2D eigenvalue weighted by atomic mass is 16.5. The lowest BCUT2D eigenvalue weighted by molar-refractivity contribution is 0.0992. The van der Waals surface area contributed by atoms with Crippen molar-refractivity contribution in [2.24, 2.45) is 0 Å². The Morgan fingerprint density at radius 2 is 1.48 bits per heavy atom. The molecule has 0 saturated carbocycles. The molecule has 3 aromatic carbocycles. The van der Waals surface area contributed by atoms with Gasteiger partial charge in [0.15, 0.2) is 5.75 Å². The standard InChI is InChI=1S/C26H25N3O4/c1-16-5-9-18(10-6-16)27-26(31)24-23(32-4)21-15-19(11-14-22(21)33-24)28-25(30)17-7-12-20(13-8-17)29(2)3/h5-15H,1-4H3,(H,27,31)(H,28,30). The van der Waals surface area contributed by atoms with Gasteiger partial charge >= 0.3 is 0 Å². The van der Waals surface area contributed by atoms with Crippen molar-refractivity contribution in [1.82, 2.24) is 0 Å². The number of ether oxygens (including phenoxy) is 1. The zero-order valence-corrected chi connectivity index (χ0v) is 18.9. The maximum absolute atomic E-state index is 12.8. The molecule has 4 rings (SSSR count). The summed E-state index contributed by atoms with van der Waals surface area (Å²) in [6.07, 6.45) is 0. The van der Waals surface area contributed by atoms with Crippen LogP contribution in [0, 0.1) is 6.92 Å². The van der Waals surface area contributed by atoms with Crippen LogP contribution >= 0.6 is 0 Å². The molecule has 4 aromatic rings. The van der Waals surface area contributed by atoms with Gasteiger partial charge in [0.05, 0.1) is 12.5 Å². The van der Waals surface area contributed by atoms with E-state index in [0.717, 1.165) is 11.3 Å². The van der Waals surface area contributed by atoms with Gasteiger partial charge < -0.3 is 24.7 Å². The van der Waals surface area contributed by atoms with Gasteiger partial charge in [-0.15, -0.1) is 0 Å². The molecule has 0 bridgehead atoms. The molecule has 7 nitrogen and oxygen atoms in total. The predicted octanol–water partition coefficient (Wildman–Crippen LogP) is 5.32. The zero-order chi connectivity index (χ0) is 23.5. The smallest absolute Gasteiger partial charge is 0.295 e. The fourth-order valence-electron chi connectivity index (χ4n) is 3.44. The van der Waals surface area contributed by atoms with Gasteiger partial charge in [0.1, 0.15) is 5.58 Å². The summed E-state index contributed by atoms with van der Waals surface area (Å²) in [6.45, 7) is 1.98. The first-order valence-electron chi connectivity index (χ1n) is 10.4. The van der Waals surface area contributed by atoms with Crippen LogP contribution in [0.3, 0.4) is 0 Å². The lowest BCUT2D eigenvalue weighted by Crippen LogP contribution is -2.13. The van der Waals surface area contributed by atoms with Crippen LogP contribution in [0.5, 0.6) is 5.75 Å². The molecule has 0 atom stereocenters. The lowest BCUT2D eigenvalue weighted by Gasteiger charge is -2.12. The van der Waals surface area contributed by atoms with Crippen molar-refractivity contribution >= 4 is 39.8 Å². The molecule has 7 heteroatoms. The second-order valence-electron chi connectivity index (χ2n) is 7.89. The van der Waals surface area contributed by atoms with Gasteiger partial charge in [-0.25, -0.2) is 0 Å². The highest BCUT2D eigenvalue weighted by Gasteiger charge is 2.22. The van der Waals surface area contributed by atoms with Crippen molar-refractivity contribution in [3.63, 3.8) is 0 Å². The minimum atomic E-state index is -0.418. The van der Waals surface area contributed by atoms with Crippen molar-refractivity contribution in [3.8, 4) is 5.75 Å². The summed E-state index contributed by atoms with van der Waals surface area (Å²) in [7, 11) is 5.36. The molecule has 0 fully saturated rings. The summed E-state index contributed by atoms with van der Waals surface area (Å²) in [6, 6.07) is 19.9. The number of hydrogen-bond acceptors (Lipinski definition) is 5. The van der Waals surface area contributed by atoms with Crippen LogP contribution < -0.4 is 20.3 Å². The number of nitrogens with zero attached hydrogens (tertiary/aromatic N) is 1. The van der Waals surface area contributed by atoms with Crippen molar-refractivity contribution in [1.29, 1.82) is 0 Å². The SMILES string of the molecule is COc1c(C(=O)Nc2ccc(C)cc2)oc2ccc(NC(=O)c3ccc(N(C)C)cc3)cc12. The number of benzene rings is 3. The van der Waals surface area contributed by atoms with E-state index in [0.29, 0.717) is 33.7 Å². The Morgan fingerprint density at radius 3 is 2.12 bits per heavy atom. The van der Waals surface area contributed by atoms with E-state index in [1.54, 1.807) is 30.3 Å². The van der Waals surface area contributed by atoms with Crippen LogP contribution in [0.2, 0.25) is 0 Å². The fraction of sp³-hybridized carbons (Fsp3) is 0.154. The van der Waals surface area contributed by atoms with Gasteiger partial charge in [0, 0.05) is 36.7 Å². The van der Waals surface area contributed by atoms with Crippen LogP contribution in [0.15, 0.2) is 71.1 Å². The van der Waals surface area contributed by atoms with Crippen LogP contribution in [-0.2, 0) is 0 Å². The van der Waals surface area contributed by atoms with Crippen molar-refractivity contribution in [2.75, 3.05) is 36.7 Å². The van der Waals surface area contributed by atoms with Gasteiger partial charge in [-0.3, -0.25) is 9.59 Å². The number of carbonyl (C=O) groups is 2. The molecule has 1 heterocycles. The number of amides is 2. The molecule has 0 spiro atoms. The maximum atomic E-state index is 12.8. The van der Waals surface area contributed by atoms with E-state index >= 15 is 0 Å². The number of aryl methyl sites for hydroxylation is 1. The average Bonchev–Trinajstić information content (AvgIpc) is 3.18. The number of rotatable bonds is 6. The van der Waals surface area contributed by atoms with Crippen molar-refractivity contribution in [3.05, 3.63) is 83.6 Å². The van der Waals surface area contributed by atoms with E-state index in [1.165, 1.54) is 7.11 Å². The minimum Gasteiger partial charge on any atom is -0.492 e. The number of fused-ring (bicyclic) bond motifs is 1. The highest BCUT2D eigenvalue weighted by Crippen LogP contribution is 2.35. The molecule has 0 radical (unpaired) electrons. The van der Waals surface area contributed by atoms with Gasteiger partial charge in [0.2, 0.25) is 5.76 Å². The summed E-state index contributed by atoms with van der Waals surface area (Å²) in [5.74, 6) is -0.283. The van der Waals surface area contributed by atoms with Gasteiger partial charge in [0.25, 0.3) is 11.8 Å². The van der Waals surface area contributed by atoms with E-state index in [1.807, 2.05) is 62.3 Å². The van der Waals surface area contributed by atoms with Gasteiger partial charge in [-0.05, 0) is 61.5 Å². The molecule has 0 aliphatic carbocycles. The molecule has 1 aromatic heterocycles. The van der Waals surface area contributed by atoms with Crippen LogP contribution in [-0.4, -0.2) is 33.0 Å². The third-order valence-corrected chi connectivity index (χ3v) is 5.27. The second-order valence-corrected chi connectivity index (χ2v) is 7.89. The number of furan rings is 1. The van der Waals surface area contributed by atoms with Gasteiger partial charge in [-0.1, -0.05) is 17.7 Å². The summed E-state index contributed by atoms with van der Waals surface area (Å²) in [4.78, 5) is 27.5. The highest BCUT2D eigenvalue weighted by molar-refractivity contribution is 6.09. The Kier molecular flexibility index (Phi) is 6.04. The number of nitrogens with one attached hydrogen (secondary N) is 2. The number of methoxy groups -OCH3 is 1. The first-order valence-corrected chi connectivity index (χ1v) is 10.4. The van der Waals surface area contributed by atoms with Crippen molar-refractivity contribution in [2.45, 2.75) is 6.92 Å². The molecule has 2 amide bonds. The Labute approximate surface area is 192 Å². The molecule has 0 aliphatic rings. The second kappa shape index (κ2) is 9.08. The summed E-state index contributed by atoms with van der Waals surface area (Å²) in [5, 5.41) is 6.29. The summed E-state index contributed by atoms with van der Waals surface area (Å²) in [5.41, 5.74) is 4.34. The van der Waals surface area contributed by atoms with Crippen LogP contribution in [0.4, 0.5) is 17.1 Å². The molecule has 33 heavy (non-hydrogen) atoms. The first kappa shape index (κ1) is 22.0. The molecule has 168 valence electrons. The zero-order valence-electron chi connectivity index (χ0n) is 18.9. The van der Waals surface area contributed by atoms with Crippen LogP contribution in [0.25, 0.3) is 11.0 Å². The van der Waals surface area contributed by atoms with E-state index in [2.05, 4.69) is 10.6 Å². The molecule has 0 saturated heterocycles. The number of carbonyl (C=O) groups excluding carboxylic acids is 2. The molecular weight excluding hydrogens is 418 g/mol. The Hall–Kier alpha value is -4.26. The number of anilines is 3. The molecule has 2 N–H and O–H groups in total. The fourth-order valence-corrected chi connectivity index (χ4v) is 3.44. The quantitative estimate of drug-likeness (QED) is 0.421. The maximum Gasteiger partial charge on any atom is 0.295 e. The normalized spacial score (nSPS) is 10.7. The Morgan fingerprint density at radius 1 is 0.848 bits per heavy atom. The third kappa shape index (κ3) is 4.67. The van der Waals surface area contributed by atoms with E-state index in [-0.39, 0.29) is 11.7 Å². The minimum absolute atomic E-state index is 0.0656. The molecular formula is C26H25N3O4. The molecule has 0 unspecified atom stereocenters. The monoisotopic (exact) mass is 443 g/mol. The lowest BCUT2D eigenvalue weighted by atomic mass is 10.1. The van der Waals surface area contributed by atoms with Crippen molar-refractivity contribution < 1.29 is 18.7 Å². The topological polar surface area (TPSA) is 83.8 Å². The van der Waals surface area contributed by atoms with E-state index < -0.39 is 5.91 Å². The predicted molar refractivity (Wildman–Crippen MR) is 131 cm³/mol. The summed E-state index contributed by atoms with van der Waals surface area (Å²) < 4.78 is 11.3. The molecule has 0 aliphatic heterocycles. The van der Waals surface area contributed by atoms with Gasteiger partial charge in [-0.2, -0.15) is 0 Å².